The van der Waals surface area contributed by atoms with Crippen LogP contribution >= 0.6 is 11.6 Å². The smallest absolute Gasteiger partial charge is 0.315 e. The van der Waals surface area contributed by atoms with Crippen molar-refractivity contribution >= 4 is 27.5 Å². The molecule has 0 aliphatic carbocycles. The summed E-state index contributed by atoms with van der Waals surface area (Å²) >= 11 is 5.90. The van der Waals surface area contributed by atoms with E-state index in [9.17, 15) is 13.2 Å². The zero-order chi connectivity index (χ0) is 17.7. The van der Waals surface area contributed by atoms with Crippen LogP contribution in [-0.2, 0) is 16.4 Å². The molecule has 2 aromatic carbocycles. The second-order valence-electron chi connectivity index (χ2n) is 5.52. The van der Waals surface area contributed by atoms with Crippen LogP contribution in [0.4, 0.5) is 4.79 Å². The van der Waals surface area contributed by atoms with Gasteiger partial charge in [0.25, 0.3) is 0 Å². The minimum absolute atomic E-state index is 0.252. The average molecular weight is 367 g/mol. The Morgan fingerprint density at radius 3 is 2.42 bits per heavy atom. The van der Waals surface area contributed by atoms with Gasteiger partial charge in [-0.15, -0.1) is 0 Å². The summed E-state index contributed by atoms with van der Waals surface area (Å²) in [5.74, 6) is 0. The molecular formula is C17H19ClN2O3S. The lowest BCUT2D eigenvalue weighted by Gasteiger charge is -2.15. The summed E-state index contributed by atoms with van der Waals surface area (Å²) in [5.41, 5.74) is 1.73. The lowest BCUT2D eigenvalue weighted by Crippen LogP contribution is -2.36. The Kier molecular flexibility index (Phi) is 5.85. The molecular weight excluding hydrogens is 348 g/mol. The molecule has 2 amide bonds. The second kappa shape index (κ2) is 7.68. The van der Waals surface area contributed by atoms with Crippen molar-refractivity contribution in [3.63, 3.8) is 0 Å². The minimum Gasteiger partial charge on any atom is -0.334 e. The number of amides is 2. The number of sulfone groups is 1. The van der Waals surface area contributed by atoms with E-state index in [2.05, 4.69) is 10.6 Å². The third-order valence-corrected chi connectivity index (χ3v) is 4.86. The summed E-state index contributed by atoms with van der Waals surface area (Å²) < 4.78 is 22.9. The summed E-state index contributed by atoms with van der Waals surface area (Å²) in [6.07, 6.45) is 1.16. The van der Waals surface area contributed by atoms with Crippen LogP contribution in [0.5, 0.6) is 0 Å². The van der Waals surface area contributed by atoms with Gasteiger partial charge in [0.1, 0.15) is 0 Å². The van der Waals surface area contributed by atoms with Crippen molar-refractivity contribution in [2.75, 3.05) is 6.26 Å². The van der Waals surface area contributed by atoms with Crippen LogP contribution in [-0.4, -0.2) is 20.7 Å². The number of carbonyl (C=O) groups excluding carboxylic acids is 1. The predicted molar refractivity (Wildman–Crippen MR) is 94.8 cm³/mol. The van der Waals surface area contributed by atoms with Gasteiger partial charge in [-0.25, -0.2) is 13.2 Å². The highest BCUT2D eigenvalue weighted by Crippen LogP contribution is 2.16. The highest BCUT2D eigenvalue weighted by atomic mass is 35.5. The number of rotatable bonds is 5. The highest BCUT2D eigenvalue weighted by Gasteiger charge is 2.11. The molecule has 2 N–H and O–H groups in total. The highest BCUT2D eigenvalue weighted by molar-refractivity contribution is 7.90. The number of nitrogens with one attached hydrogen (secondary N) is 2. The van der Waals surface area contributed by atoms with E-state index in [-0.39, 0.29) is 17.0 Å². The molecule has 7 heteroatoms. The van der Waals surface area contributed by atoms with E-state index in [1.165, 1.54) is 12.1 Å². The van der Waals surface area contributed by atoms with Crippen LogP contribution < -0.4 is 10.6 Å². The first-order chi connectivity index (χ1) is 11.3. The molecule has 0 saturated carbocycles. The maximum atomic E-state index is 12.0. The van der Waals surface area contributed by atoms with Gasteiger partial charge in [-0.3, -0.25) is 0 Å². The standard InChI is InChI=1S/C17H19ClN2O3S/c1-12(14-6-8-16(9-7-14)24(2,22)23)20-17(21)19-11-13-4-3-5-15(18)10-13/h3-10,12H,11H2,1-2H3,(H2,19,20,21). The van der Waals surface area contributed by atoms with E-state index in [1.807, 2.05) is 19.1 Å². The van der Waals surface area contributed by atoms with Crippen molar-refractivity contribution in [3.05, 3.63) is 64.7 Å². The fourth-order valence-electron chi connectivity index (χ4n) is 2.16. The lowest BCUT2D eigenvalue weighted by molar-refractivity contribution is 0.237. The molecule has 1 unspecified atom stereocenters. The molecule has 0 radical (unpaired) electrons. The minimum atomic E-state index is -3.22. The Bertz CT molecular complexity index is 820. The Morgan fingerprint density at radius 1 is 1.17 bits per heavy atom. The summed E-state index contributed by atoms with van der Waals surface area (Å²) in [7, 11) is -3.22. The molecule has 2 rings (SSSR count). The molecule has 5 nitrogen and oxygen atoms in total. The molecule has 0 heterocycles. The molecule has 0 aromatic heterocycles. The Hall–Kier alpha value is -2.05. The fraction of sp³-hybridized carbons (Fsp3) is 0.235. The van der Waals surface area contributed by atoms with E-state index in [0.29, 0.717) is 11.6 Å². The normalized spacial score (nSPS) is 12.5. The van der Waals surface area contributed by atoms with Crippen molar-refractivity contribution in [2.45, 2.75) is 24.4 Å². The maximum absolute atomic E-state index is 12.0. The molecule has 0 bridgehead atoms. The average Bonchev–Trinajstić information content (AvgIpc) is 2.52. The van der Waals surface area contributed by atoms with Gasteiger partial charge in [0, 0.05) is 17.8 Å². The van der Waals surface area contributed by atoms with E-state index < -0.39 is 9.84 Å². The van der Waals surface area contributed by atoms with Gasteiger partial charge >= 0.3 is 6.03 Å². The van der Waals surface area contributed by atoms with Gasteiger partial charge < -0.3 is 10.6 Å². The van der Waals surface area contributed by atoms with E-state index >= 15 is 0 Å². The van der Waals surface area contributed by atoms with Crippen LogP contribution in [0.3, 0.4) is 0 Å². The monoisotopic (exact) mass is 366 g/mol. The van der Waals surface area contributed by atoms with Gasteiger partial charge in [-0.05, 0) is 42.3 Å². The van der Waals surface area contributed by atoms with Crippen LogP contribution in [0, 0.1) is 0 Å². The Balaban J connectivity index is 1.91. The van der Waals surface area contributed by atoms with E-state index in [0.717, 1.165) is 17.4 Å². The molecule has 0 aliphatic heterocycles. The molecule has 128 valence electrons. The largest absolute Gasteiger partial charge is 0.334 e. The van der Waals surface area contributed by atoms with Crippen molar-refractivity contribution in [3.8, 4) is 0 Å². The summed E-state index contributed by atoms with van der Waals surface area (Å²) in [5, 5.41) is 6.18. The lowest BCUT2D eigenvalue weighted by atomic mass is 10.1. The number of hydrogen-bond acceptors (Lipinski definition) is 3. The van der Waals surface area contributed by atoms with E-state index in [4.69, 9.17) is 11.6 Å². The topological polar surface area (TPSA) is 75.3 Å². The van der Waals surface area contributed by atoms with Crippen LogP contribution in [0.15, 0.2) is 53.4 Å². The molecule has 0 saturated heterocycles. The second-order valence-corrected chi connectivity index (χ2v) is 7.97. The number of carbonyl (C=O) groups is 1. The Morgan fingerprint density at radius 2 is 1.83 bits per heavy atom. The van der Waals surface area contributed by atoms with Crippen molar-refractivity contribution in [1.82, 2.24) is 10.6 Å². The first-order valence-electron chi connectivity index (χ1n) is 7.34. The van der Waals surface area contributed by atoms with E-state index in [1.54, 1.807) is 24.3 Å². The first kappa shape index (κ1) is 18.3. The molecule has 2 aromatic rings. The predicted octanol–water partition coefficient (Wildman–Crippen LogP) is 3.30. The molecule has 0 spiro atoms. The molecule has 1 atom stereocenters. The van der Waals surface area contributed by atoms with Gasteiger partial charge in [-0.2, -0.15) is 0 Å². The van der Waals surface area contributed by atoms with Crippen LogP contribution in [0.2, 0.25) is 5.02 Å². The van der Waals surface area contributed by atoms with Gasteiger partial charge in [0.15, 0.2) is 9.84 Å². The zero-order valence-corrected chi connectivity index (χ0v) is 15.0. The zero-order valence-electron chi connectivity index (χ0n) is 13.4. The summed E-state index contributed by atoms with van der Waals surface area (Å²) in [6, 6.07) is 13.1. The summed E-state index contributed by atoms with van der Waals surface area (Å²) in [4.78, 5) is 12.2. The third kappa shape index (κ3) is 5.25. The van der Waals surface area contributed by atoms with Gasteiger partial charge in [0.05, 0.1) is 10.9 Å². The van der Waals surface area contributed by atoms with Crippen molar-refractivity contribution < 1.29 is 13.2 Å². The van der Waals surface area contributed by atoms with Gasteiger partial charge in [0.2, 0.25) is 0 Å². The molecule has 24 heavy (non-hydrogen) atoms. The van der Waals surface area contributed by atoms with Crippen LogP contribution in [0.25, 0.3) is 0 Å². The molecule has 0 fully saturated rings. The number of benzene rings is 2. The quantitative estimate of drug-likeness (QED) is 0.852. The summed E-state index contributed by atoms with van der Waals surface area (Å²) in [6.45, 7) is 2.19. The maximum Gasteiger partial charge on any atom is 0.315 e. The fourth-order valence-corrected chi connectivity index (χ4v) is 3.01. The van der Waals surface area contributed by atoms with Crippen molar-refractivity contribution in [1.29, 1.82) is 0 Å². The van der Waals surface area contributed by atoms with Gasteiger partial charge in [-0.1, -0.05) is 35.9 Å². The first-order valence-corrected chi connectivity index (χ1v) is 9.61. The van der Waals surface area contributed by atoms with Crippen LogP contribution in [0.1, 0.15) is 24.1 Å². The Labute approximate surface area is 147 Å². The third-order valence-electron chi connectivity index (χ3n) is 3.50. The molecule has 0 aliphatic rings. The SMILES string of the molecule is CC(NC(=O)NCc1cccc(Cl)c1)c1ccc(S(C)(=O)=O)cc1. The number of halogens is 1. The number of urea groups is 1. The van der Waals surface area contributed by atoms with Crippen molar-refractivity contribution in [2.24, 2.45) is 0 Å². The number of hydrogen-bond donors (Lipinski definition) is 2.